The van der Waals surface area contributed by atoms with E-state index in [4.69, 9.17) is 4.74 Å². The molecule has 3 aromatic rings. The summed E-state index contributed by atoms with van der Waals surface area (Å²) in [6, 6.07) is 9.62. The highest BCUT2D eigenvalue weighted by molar-refractivity contribution is 5.89. The van der Waals surface area contributed by atoms with Gasteiger partial charge >= 0.3 is 5.97 Å². The van der Waals surface area contributed by atoms with E-state index in [0.717, 1.165) is 22.3 Å². The predicted octanol–water partition coefficient (Wildman–Crippen LogP) is 3.41. The van der Waals surface area contributed by atoms with Crippen molar-refractivity contribution in [1.29, 1.82) is 0 Å². The number of fused-ring (bicyclic) bond motifs is 1. The maximum absolute atomic E-state index is 11.7. The van der Waals surface area contributed by atoms with E-state index >= 15 is 0 Å². The Morgan fingerprint density at radius 3 is 2.96 bits per heavy atom. The SMILES string of the molecule is CCn1cc(/C=C/c2ccc3cccnc3n2)cc1C(=O)OC. The lowest BCUT2D eigenvalue weighted by Crippen LogP contribution is -2.08. The Labute approximate surface area is 134 Å². The molecular formula is C18H17N3O2. The molecule has 0 aromatic carbocycles. The molecule has 0 fully saturated rings. The van der Waals surface area contributed by atoms with Gasteiger partial charge in [0.05, 0.1) is 12.8 Å². The Kier molecular flexibility index (Phi) is 4.19. The third kappa shape index (κ3) is 3.13. The number of pyridine rings is 2. The summed E-state index contributed by atoms with van der Waals surface area (Å²) >= 11 is 0. The monoisotopic (exact) mass is 307 g/mol. The number of aryl methyl sites for hydroxylation is 1. The van der Waals surface area contributed by atoms with Crippen LogP contribution in [0.2, 0.25) is 0 Å². The van der Waals surface area contributed by atoms with Gasteiger partial charge in [0.1, 0.15) is 5.69 Å². The quantitative estimate of drug-likeness (QED) is 0.693. The van der Waals surface area contributed by atoms with Gasteiger partial charge in [0.2, 0.25) is 0 Å². The van der Waals surface area contributed by atoms with E-state index in [1.54, 1.807) is 6.20 Å². The van der Waals surface area contributed by atoms with Crippen LogP contribution in [0.1, 0.15) is 28.7 Å². The first-order valence-electron chi connectivity index (χ1n) is 7.39. The lowest BCUT2D eigenvalue weighted by molar-refractivity contribution is 0.0588. The van der Waals surface area contributed by atoms with E-state index < -0.39 is 0 Å². The lowest BCUT2D eigenvalue weighted by Gasteiger charge is -2.02. The molecule has 116 valence electrons. The number of methoxy groups -OCH3 is 1. The van der Waals surface area contributed by atoms with Crippen LogP contribution in [0.25, 0.3) is 23.2 Å². The number of hydrogen-bond acceptors (Lipinski definition) is 4. The maximum atomic E-state index is 11.7. The van der Waals surface area contributed by atoms with E-state index in [9.17, 15) is 4.79 Å². The second-order valence-corrected chi connectivity index (χ2v) is 5.06. The first-order chi connectivity index (χ1) is 11.2. The highest BCUT2D eigenvalue weighted by atomic mass is 16.5. The second kappa shape index (κ2) is 6.44. The summed E-state index contributed by atoms with van der Waals surface area (Å²) in [6.45, 7) is 2.69. The molecule has 0 bridgehead atoms. The van der Waals surface area contributed by atoms with Gasteiger partial charge in [0.25, 0.3) is 0 Å². The number of carbonyl (C=O) groups excluding carboxylic acids is 1. The highest BCUT2D eigenvalue weighted by Gasteiger charge is 2.11. The number of hydrogen-bond donors (Lipinski definition) is 0. The van der Waals surface area contributed by atoms with Gasteiger partial charge in [-0.2, -0.15) is 0 Å². The largest absolute Gasteiger partial charge is 0.464 e. The van der Waals surface area contributed by atoms with Gasteiger partial charge in [-0.15, -0.1) is 0 Å². The molecule has 0 aliphatic heterocycles. The minimum atomic E-state index is -0.334. The van der Waals surface area contributed by atoms with Crippen LogP contribution in [0.5, 0.6) is 0 Å². The van der Waals surface area contributed by atoms with E-state index in [2.05, 4.69) is 9.97 Å². The Hall–Kier alpha value is -2.95. The zero-order valence-corrected chi connectivity index (χ0v) is 13.1. The van der Waals surface area contributed by atoms with Gasteiger partial charge in [-0.1, -0.05) is 6.08 Å². The minimum Gasteiger partial charge on any atom is -0.464 e. The van der Waals surface area contributed by atoms with Gasteiger partial charge < -0.3 is 9.30 Å². The van der Waals surface area contributed by atoms with Crippen LogP contribution in [0, 0.1) is 0 Å². The van der Waals surface area contributed by atoms with Crippen molar-refractivity contribution in [3.8, 4) is 0 Å². The zero-order valence-electron chi connectivity index (χ0n) is 13.1. The van der Waals surface area contributed by atoms with Gasteiger partial charge in [-0.25, -0.2) is 14.8 Å². The molecule has 0 atom stereocenters. The molecule has 0 saturated heterocycles. The number of esters is 1. The third-order valence-corrected chi connectivity index (χ3v) is 3.59. The highest BCUT2D eigenvalue weighted by Crippen LogP contribution is 2.15. The summed E-state index contributed by atoms with van der Waals surface area (Å²) in [5.41, 5.74) is 3.01. The van der Waals surface area contributed by atoms with Crippen molar-refractivity contribution in [1.82, 2.24) is 14.5 Å². The van der Waals surface area contributed by atoms with E-state index in [0.29, 0.717) is 12.2 Å². The number of aromatic nitrogens is 3. The van der Waals surface area contributed by atoms with Crippen LogP contribution in [0.3, 0.4) is 0 Å². The molecule has 3 rings (SSSR count). The Balaban J connectivity index is 1.89. The Morgan fingerprint density at radius 2 is 2.17 bits per heavy atom. The Bertz CT molecular complexity index is 881. The topological polar surface area (TPSA) is 57.0 Å². The Morgan fingerprint density at radius 1 is 1.30 bits per heavy atom. The first kappa shape index (κ1) is 15.0. The molecule has 3 heterocycles. The van der Waals surface area contributed by atoms with E-state index in [-0.39, 0.29) is 5.97 Å². The summed E-state index contributed by atoms with van der Waals surface area (Å²) in [7, 11) is 1.39. The fraction of sp³-hybridized carbons (Fsp3) is 0.167. The molecule has 0 saturated carbocycles. The molecule has 0 spiro atoms. The van der Waals surface area contributed by atoms with Gasteiger partial charge in [-0.3, -0.25) is 0 Å². The molecule has 0 N–H and O–H groups in total. The van der Waals surface area contributed by atoms with Crippen LogP contribution in [-0.4, -0.2) is 27.6 Å². The summed E-state index contributed by atoms with van der Waals surface area (Å²) in [4.78, 5) is 20.5. The minimum absolute atomic E-state index is 0.334. The molecule has 5 nitrogen and oxygen atoms in total. The zero-order chi connectivity index (χ0) is 16.2. The van der Waals surface area contributed by atoms with Crippen molar-refractivity contribution in [2.24, 2.45) is 0 Å². The standard InChI is InChI=1S/C18H17N3O2/c1-3-21-12-13(11-16(21)18(22)23-2)6-8-15-9-7-14-5-4-10-19-17(14)20-15/h4-12H,3H2,1-2H3/b8-6+. The molecule has 23 heavy (non-hydrogen) atoms. The van der Waals surface area contributed by atoms with Crippen molar-refractivity contribution >= 4 is 29.2 Å². The fourth-order valence-corrected chi connectivity index (χ4v) is 2.40. The number of rotatable bonds is 4. The van der Waals surface area contributed by atoms with Gasteiger partial charge in [0.15, 0.2) is 5.65 Å². The van der Waals surface area contributed by atoms with Crippen LogP contribution in [0.15, 0.2) is 42.7 Å². The molecule has 0 aliphatic rings. The van der Waals surface area contributed by atoms with Crippen molar-refractivity contribution < 1.29 is 9.53 Å². The van der Waals surface area contributed by atoms with Crippen molar-refractivity contribution in [2.45, 2.75) is 13.5 Å². The normalized spacial score (nSPS) is 11.2. The van der Waals surface area contributed by atoms with Crippen molar-refractivity contribution in [3.63, 3.8) is 0 Å². The van der Waals surface area contributed by atoms with Gasteiger partial charge in [0, 0.05) is 24.3 Å². The molecule has 0 aliphatic carbocycles. The summed E-state index contributed by atoms with van der Waals surface area (Å²) in [6.07, 6.45) is 7.48. The van der Waals surface area contributed by atoms with Crippen molar-refractivity contribution in [2.75, 3.05) is 7.11 Å². The fourth-order valence-electron chi connectivity index (χ4n) is 2.40. The van der Waals surface area contributed by atoms with E-state index in [1.807, 2.05) is 60.2 Å². The number of carbonyl (C=O) groups is 1. The van der Waals surface area contributed by atoms with Crippen LogP contribution in [0.4, 0.5) is 0 Å². The third-order valence-electron chi connectivity index (χ3n) is 3.59. The number of ether oxygens (including phenoxy) is 1. The van der Waals surface area contributed by atoms with Crippen LogP contribution >= 0.6 is 0 Å². The van der Waals surface area contributed by atoms with Crippen LogP contribution in [-0.2, 0) is 11.3 Å². The first-order valence-corrected chi connectivity index (χ1v) is 7.39. The second-order valence-electron chi connectivity index (χ2n) is 5.06. The molecule has 0 radical (unpaired) electrons. The van der Waals surface area contributed by atoms with Crippen LogP contribution < -0.4 is 0 Å². The average molecular weight is 307 g/mol. The van der Waals surface area contributed by atoms with Crippen molar-refractivity contribution in [3.05, 3.63) is 59.7 Å². The molecule has 0 unspecified atom stereocenters. The maximum Gasteiger partial charge on any atom is 0.354 e. The lowest BCUT2D eigenvalue weighted by atomic mass is 10.2. The summed E-state index contributed by atoms with van der Waals surface area (Å²) < 4.78 is 6.66. The molecule has 0 amide bonds. The van der Waals surface area contributed by atoms with Gasteiger partial charge in [-0.05, 0) is 48.9 Å². The molecular weight excluding hydrogens is 290 g/mol. The average Bonchev–Trinajstić information content (AvgIpc) is 3.02. The van der Waals surface area contributed by atoms with E-state index in [1.165, 1.54) is 7.11 Å². The predicted molar refractivity (Wildman–Crippen MR) is 89.9 cm³/mol. The summed E-state index contributed by atoms with van der Waals surface area (Å²) in [5.74, 6) is -0.334. The smallest absolute Gasteiger partial charge is 0.354 e. The summed E-state index contributed by atoms with van der Waals surface area (Å²) in [5, 5.41) is 1.01. The molecule has 3 aromatic heterocycles. The molecule has 5 heteroatoms. The number of nitrogens with zero attached hydrogens (tertiary/aromatic N) is 3.